The van der Waals surface area contributed by atoms with Crippen LogP contribution in [0.1, 0.15) is 38.8 Å². The fraction of sp³-hybridized carbons (Fsp3) is 0.769. The Balaban J connectivity index is 2.15. The van der Waals surface area contributed by atoms with Crippen molar-refractivity contribution in [1.82, 2.24) is 14.9 Å². The summed E-state index contributed by atoms with van der Waals surface area (Å²) in [5.41, 5.74) is 1.25. The van der Waals surface area contributed by atoms with Crippen molar-refractivity contribution in [2.45, 2.75) is 46.2 Å². The van der Waals surface area contributed by atoms with Gasteiger partial charge in [-0.15, -0.1) is 0 Å². The second kappa shape index (κ2) is 8.25. The van der Waals surface area contributed by atoms with E-state index in [4.69, 9.17) is 5.11 Å². The molecule has 0 radical (unpaired) electrons. The lowest BCUT2D eigenvalue weighted by Gasteiger charge is -2.09. The number of nitrogens with zero attached hydrogens (tertiary/aromatic N) is 2. The first-order valence-electron chi connectivity index (χ1n) is 6.58. The van der Waals surface area contributed by atoms with Gasteiger partial charge >= 0.3 is 0 Å². The summed E-state index contributed by atoms with van der Waals surface area (Å²) >= 11 is 0. The maximum absolute atomic E-state index is 8.90. The molecule has 0 saturated heterocycles. The highest BCUT2D eigenvalue weighted by atomic mass is 16.3. The van der Waals surface area contributed by atoms with Gasteiger partial charge in [-0.25, -0.2) is 4.98 Å². The van der Waals surface area contributed by atoms with Crippen molar-refractivity contribution < 1.29 is 5.11 Å². The van der Waals surface area contributed by atoms with Crippen molar-refractivity contribution in [3.8, 4) is 0 Å². The van der Waals surface area contributed by atoms with Crippen LogP contribution in [-0.2, 0) is 13.1 Å². The molecule has 0 aromatic carbocycles. The topological polar surface area (TPSA) is 50.1 Å². The molecule has 1 atom stereocenters. The average molecular weight is 239 g/mol. The number of aryl methyl sites for hydroxylation is 1. The van der Waals surface area contributed by atoms with Gasteiger partial charge in [-0.1, -0.05) is 13.8 Å². The van der Waals surface area contributed by atoms with Gasteiger partial charge in [0.05, 0.1) is 12.0 Å². The van der Waals surface area contributed by atoms with Gasteiger partial charge in [0, 0.05) is 25.9 Å². The number of hydrogen-bond acceptors (Lipinski definition) is 3. The summed E-state index contributed by atoms with van der Waals surface area (Å²) in [6, 6.07) is 0. The van der Waals surface area contributed by atoms with Crippen molar-refractivity contribution >= 4 is 0 Å². The maximum atomic E-state index is 8.90. The molecule has 0 aliphatic carbocycles. The zero-order chi connectivity index (χ0) is 12.5. The molecule has 0 amide bonds. The van der Waals surface area contributed by atoms with Crippen LogP contribution >= 0.6 is 0 Å². The maximum Gasteiger partial charge on any atom is 0.0948 e. The number of rotatable bonds is 9. The molecule has 0 spiro atoms. The van der Waals surface area contributed by atoms with Crippen molar-refractivity contribution in [2.24, 2.45) is 5.92 Å². The van der Waals surface area contributed by atoms with Crippen LogP contribution in [0.5, 0.6) is 0 Å². The van der Waals surface area contributed by atoms with Crippen LogP contribution in [0.2, 0.25) is 0 Å². The van der Waals surface area contributed by atoms with Gasteiger partial charge in [-0.2, -0.15) is 0 Å². The Morgan fingerprint density at radius 1 is 1.53 bits per heavy atom. The minimum absolute atomic E-state index is 0.295. The summed E-state index contributed by atoms with van der Waals surface area (Å²) in [4.78, 5) is 4.17. The number of hydrogen-bond donors (Lipinski definition) is 2. The molecule has 0 aliphatic rings. The number of aliphatic hydroxyl groups is 1. The van der Waals surface area contributed by atoms with Crippen molar-refractivity contribution in [3.63, 3.8) is 0 Å². The van der Waals surface area contributed by atoms with E-state index in [1.165, 1.54) is 5.69 Å². The number of aromatic nitrogens is 2. The normalized spacial score (nSPS) is 12.9. The third-order valence-electron chi connectivity index (χ3n) is 2.93. The van der Waals surface area contributed by atoms with Crippen LogP contribution < -0.4 is 5.32 Å². The third kappa shape index (κ3) is 5.33. The summed E-state index contributed by atoms with van der Waals surface area (Å²) in [7, 11) is 0. The van der Waals surface area contributed by atoms with E-state index >= 15 is 0 Å². The molecule has 17 heavy (non-hydrogen) atoms. The SMILES string of the molecule is CCCn1cncc1CNCCCC(C)CO. The van der Waals surface area contributed by atoms with E-state index in [-0.39, 0.29) is 0 Å². The van der Waals surface area contributed by atoms with E-state index in [2.05, 4.69) is 28.7 Å². The summed E-state index contributed by atoms with van der Waals surface area (Å²) in [5, 5.41) is 12.3. The summed E-state index contributed by atoms with van der Waals surface area (Å²) in [5.74, 6) is 0.419. The van der Waals surface area contributed by atoms with Gasteiger partial charge in [0.25, 0.3) is 0 Å². The van der Waals surface area contributed by atoms with Crippen LogP contribution in [-0.4, -0.2) is 27.8 Å². The number of aliphatic hydroxyl groups excluding tert-OH is 1. The van der Waals surface area contributed by atoms with Crippen molar-refractivity contribution in [3.05, 3.63) is 18.2 Å². The van der Waals surface area contributed by atoms with E-state index in [0.717, 1.165) is 38.9 Å². The van der Waals surface area contributed by atoms with Crippen LogP contribution in [0.3, 0.4) is 0 Å². The quantitative estimate of drug-likeness (QED) is 0.646. The lowest BCUT2D eigenvalue weighted by molar-refractivity contribution is 0.228. The van der Waals surface area contributed by atoms with Gasteiger partial charge in [-0.05, 0) is 31.7 Å². The second-order valence-corrected chi connectivity index (χ2v) is 4.69. The first-order chi connectivity index (χ1) is 8.27. The molecule has 0 fully saturated rings. The van der Waals surface area contributed by atoms with Gasteiger partial charge in [-0.3, -0.25) is 0 Å². The van der Waals surface area contributed by atoms with Gasteiger partial charge in [0.2, 0.25) is 0 Å². The molecule has 0 bridgehead atoms. The predicted molar refractivity (Wildman–Crippen MR) is 69.7 cm³/mol. The Bertz CT molecular complexity index is 299. The molecule has 1 heterocycles. The first kappa shape index (κ1) is 14.2. The van der Waals surface area contributed by atoms with E-state index < -0.39 is 0 Å². The fourth-order valence-electron chi connectivity index (χ4n) is 1.82. The van der Waals surface area contributed by atoms with Crippen molar-refractivity contribution in [1.29, 1.82) is 0 Å². The molecule has 1 unspecified atom stereocenters. The smallest absolute Gasteiger partial charge is 0.0948 e. The molecule has 4 heteroatoms. The van der Waals surface area contributed by atoms with Gasteiger partial charge in [0.1, 0.15) is 0 Å². The highest BCUT2D eigenvalue weighted by Gasteiger charge is 2.01. The summed E-state index contributed by atoms with van der Waals surface area (Å²) < 4.78 is 2.20. The lowest BCUT2D eigenvalue weighted by atomic mass is 10.1. The Morgan fingerprint density at radius 2 is 2.35 bits per heavy atom. The minimum Gasteiger partial charge on any atom is -0.396 e. The molecular weight excluding hydrogens is 214 g/mol. The Labute approximate surface area is 104 Å². The number of nitrogens with one attached hydrogen (secondary N) is 1. The van der Waals surface area contributed by atoms with E-state index in [1.54, 1.807) is 0 Å². The highest BCUT2D eigenvalue weighted by molar-refractivity contribution is 4.97. The Morgan fingerprint density at radius 3 is 3.06 bits per heavy atom. The molecule has 2 N–H and O–H groups in total. The van der Waals surface area contributed by atoms with Crippen LogP contribution in [0.4, 0.5) is 0 Å². The minimum atomic E-state index is 0.295. The fourth-order valence-corrected chi connectivity index (χ4v) is 1.82. The van der Waals surface area contributed by atoms with Gasteiger partial charge in [0.15, 0.2) is 0 Å². The van der Waals surface area contributed by atoms with E-state index in [9.17, 15) is 0 Å². The summed E-state index contributed by atoms with van der Waals surface area (Å²) in [6.07, 6.45) is 7.16. The molecule has 0 aliphatic heterocycles. The van der Waals surface area contributed by atoms with Crippen LogP contribution in [0.15, 0.2) is 12.5 Å². The lowest BCUT2D eigenvalue weighted by Crippen LogP contribution is -2.18. The first-order valence-corrected chi connectivity index (χ1v) is 6.58. The largest absolute Gasteiger partial charge is 0.396 e. The molecule has 4 nitrogen and oxygen atoms in total. The Hall–Kier alpha value is -0.870. The summed E-state index contributed by atoms with van der Waals surface area (Å²) in [6.45, 7) is 7.47. The second-order valence-electron chi connectivity index (χ2n) is 4.69. The predicted octanol–water partition coefficient (Wildman–Crippen LogP) is 1.79. The zero-order valence-corrected chi connectivity index (χ0v) is 11.0. The molecule has 1 aromatic rings. The molecule has 1 aromatic heterocycles. The Kier molecular flexibility index (Phi) is 6.89. The standard InChI is InChI=1S/C13H25N3O/c1-3-7-16-11-15-9-13(16)8-14-6-4-5-12(2)10-17/h9,11-12,14,17H,3-8,10H2,1-2H3. The molecular formula is C13H25N3O. The zero-order valence-electron chi connectivity index (χ0n) is 11.0. The average Bonchev–Trinajstić information content (AvgIpc) is 2.76. The van der Waals surface area contributed by atoms with E-state index in [1.807, 2.05) is 12.5 Å². The monoisotopic (exact) mass is 239 g/mol. The van der Waals surface area contributed by atoms with Crippen LogP contribution in [0.25, 0.3) is 0 Å². The molecule has 0 saturated carbocycles. The highest BCUT2D eigenvalue weighted by Crippen LogP contribution is 2.04. The number of imidazole rings is 1. The van der Waals surface area contributed by atoms with Gasteiger partial charge < -0.3 is 15.0 Å². The van der Waals surface area contributed by atoms with Crippen LogP contribution in [0, 0.1) is 5.92 Å². The van der Waals surface area contributed by atoms with E-state index in [0.29, 0.717) is 12.5 Å². The third-order valence-corrected chi connectivity index (χ3v) is 2.93. The van der Waals surface area contributed by atoms with Crippen molar-refractivity contribution in [2.75, 3.05) is 13.2 Å². The molecule has 98 valence electrons. The molecule has 1 rings (SSSR count).